The van der Waals surface area contributed by atoms with Gasteiger partial charge < -0.3 is 18.9 Å². The first-order valence-corrected chi connectivity index (χ1v) is 10.7. The van der Waals surface area contributed by atoms with Gasteiger partial charge >= 0.3 is 11.9 Å². The summed E-state index contributed by atoms with van der Waals surface area (Å²) in [5, 5.41) is 0. The molecule has 6 nitrogen and oxygen atoms in total. The lowest BCUT2D eigenvalue weighted by Gasteiger charge is -2.06. The van der Waals surface area contributed by atoms with Crippen LogP contribution >= 0.6 is 0 Å². The molecule has 3 aromatic carbocycles. The molecule has 0 amide bonds. The van der Waals surface area contributed by atoms with Gasteiger partial charge in [-0.25, -0.2) is 9.59 Å². The van der Waals surface area contributed by atoms with Crippen molar-refractivity contribution in [2.75, 3.05) is 0 Å². The number of rotatable bonds is 6. The molecule has 0 aliphatic carbocycles. The SMILES string of the molecule is C=C(C)C(=O)OC#COc1ccc(-c2ccc(-c3ccc(OC#COC(=O)C(=C)C)cc3)cc2)cc1. The maximum atomic E-state index is 11.3. The van der Waals surface area contributed by atoms with E-state index < -0.39 is 11.9 Å². The number of hydrogen-bond donors (Lipinski definition) is 0. The number of esters is 2. The lowest BCUT2D eigenvalue weighted by Crippen LogP contribution is -1.99. The van der Waals surface area contributed by atoms with E-state index in [-0.39, 0.29) is 11.1 Å². The van der Waals surface area contributed by atoms with E-state index in [1.165, 1.54) is 13.8 Å². The zero-order valence-electron chi connectivity index (χ0n) is 19.8. The number of benzene rings is 3. The third-order valence-electron chi connectivity index (χ3n) is 4.67. The largest absolute Gasteiger partial charge is 0.405 e. The average Bonchev–Trinajstić information content (AvgIpc) is 2.89. The third kappa shape index (κ3) is 7.41. The van der Waals surface area contributed by atoms with Gasteiger partial charge in [-0.1, -0.05) is 61.7 Å². The van der Waals surface area contributed by atoms with Crippen molar-refractivity contribution in [1.82, 2.24) is 0 Å². The van der Waals surface area contributed by atoms with Crippen molar-refractivity contribution in [2.24, 2.45) is 0 Å². The Kier molecular flexibility index (Phi) is 8.70. The normalized spacial score (nSPS) is 9.39. The summed E-state index contributed by atoms with van der Waals surface area (Å²) in [6.45, 7) is 10.0. The maximum Gasteiger partial charge on any atom is 0.347 e. The molecule has 0 aliphatic rings. The van der Waals surface area contributed by atoms with Crippen LogP contribution in [-0.4, -0.2) is 11.9 Å². The predicted octanol–water partition coefficient (Wildman–Crippen LogP) is 5.85. The molecule has 0 saturated heterocycles. The topological polar surface area (TPSA) is 71.1 Å². The minimum absolute atomic E-state index is 0.260. The molecule has 0 spiro atoms. The van der Waals surface area contributed by atoms with Crippen LogP contribution in [0.1, 0.15) is 13.8 Å². The van der Waals surface area contributed by atoms with E-state index >= 15 is 0 Å². The van der Waals surface area contributed by atoms with Crippen molar-refractivity contribution in [1.29, 1.82) is 0 Å². The van der Waals surface area contributed by atoms with Crippen molar-refractivity contribution in [2.45, 2.75) is 13.8 Å². The molecule has 0 bridgehead atoms. The molecular weight excluding hydrogens is 456 g/mol. The fraction of sp³-hybridized carbons (Fsp3) is 0.0667. The van der Waals surface area contributed by atoms with Gasteiger partial charge in [0.1, 0.15) is 11.5 Å². The van der Waals surface area contributed by atoms with Crippen molar-refractivity contribution < 1.29 is 28.5 Å². The zero-order valence-corrected chi connectivity index (χ0v) is 19.8. The van der Waals surface area contributed by atoms with Crippen LogP contribution < -0.4 is 9.47 Å². The van der Waals surface area contributed by atoms with Crippen LogP contribution in [0.2, 0.25) is 0 Å². The molecule has 0 N–H and O–H groups in total. The van der Waals surface area contributed by atoms with Gasteiger partial charge in [-0.05, 0) is 60.4 Å². The van der Waals surface area contributed by atoms with E-state index in [2.05, 4.69) is 47.1 Å². The van der Waals surface area contributed by atoms with Gasteiger partial charge in [0.15, 0.2) is 24.4 Å². The first kappa shape index (κ1) is 25.4. The van der Waals surface area contributed by atoms with Crippen molar-refractivity contribution in [3.8, 4) is 58.2 Å². The number of hydrogen-bond acceptors (Lipinski definition) is 6. The number of ether oxygens (including phenoxy) is 4. The van der Waals surface area contributed by atoms with Crippen LogP contribution in [0, 0.1) is 24.4 Å². The second kappa shape index (κ2) is 12.3. The van der Waals surface area contributed by atoms with E-state index in [4.69, 9.17) is 9.47 Å². The molecule has 0 unspecified atom stereocenters. The fourth-order valence-corrected chi connectivity index (χ4v) is 2.75. The second-order valence-electron chi connectivity index (χ2n) is 7.58. The van der Waals surface area contributed by atoms with Gasteiger partial charge in [0.2, 0.25) is 0 Å². The highest BCUT2D eigenvalue weighted by Gasteiger charge is 2.03. The Hall–Kier alpha value is -5.20. The van der Waals surface area contributed by atoms with Gasteiger partial charge in [-0.15, -0.1) is 0 Å². The molecule has 0 aromatic heterocycles. The summed E-state index contributed by atoms with van der Waals surface area (Å²) in [5.74, 6) is -0.144. The Morgan fingerprint density at radius 3 is 1.08 bits per heavy atom. The molecule has 0 atom stereocenters. The van der Waals surface area contributed by atoms with Crippen LogP contribution in [0.25, 0.3) is 22.3 Å². The summed E-state index contributed by atoms with van der Waals surface area (Å²) < 4.78 is 19.8. The van der Waals surface area contributed by atoms with Gasteiger partial charge in [-0.3, -0.25) is 0 Å². The standard InChI is InChI=1S/C30H22O6/c1-21(2)29(31)35-19-17-33-27-13-9-25(10-14-27)23-5-7-24(8-6-23)26-11-15-28(16-12-26)34-18-20-36-30(32)22(3)4/h5-16H,1,3H2,2,4H3. The Balaban J connectivity index is 1.57. The lowest BCUT2D eigenvalue weighted by atomic mass is 10.0. The molecular formula is C30H22O6. The van der Waals surface area contributed by atoms with E-state index in [0.717, 1.165) is 22.3 Å². The summed E-state index contributed by atoms with van der Waals surface area (Å²) in [5.41, 5.74) is 4.60. The Labute approximate surface area is 209 Å². The molecule has 0 heterocycles. The average molecular weight is 479 g/mol. The molecule has 3 rings (SSSR count). The van der Waals surface area contributed by atoms with E-state index in [1.54, 1.807) is 24.3 Å². The monoisotopic (exact) mass is 478 g/mol. The van der Waals surface area contributed by atoms with E-state index in [1.807, 2.05) is 48.5 Å². The van der Waals surface area contributed by atoms with E-state index in [9.17, 15) is 9.59 Å². The molecule has 0 aliphatic heterocycles. The van der Waals surface area contributed by atoms with Gasteiger partial charge in [-0.2, -0.15) is 0 Å². The highest BCUT2D eigenvalue weighted by Crippen LogP contribution is 2.27. The summed E-state index contributed by atoms with van der Waals surface area (Å²) >= 11 is 0. The second-order valence-corrected chi connectivity index (χ2v) is 7.58. The molecule has 3 aromatic rings. The van der Waals surface area contributed by atoms with Gasteiger partial charge in [0, 0.05) is 11.1 Å². The van der Waals surface area contributed by atoms with Crippen LogP contribution in [-0.2, 0) is 19.1 Å². The van der Waals surface area contributed by atoms with Crippen LogP contribution in [0.3, 0.4) is 0 Å². The Morgan fingerprint density at radius 2 is 0.806 bits per heavy atom. The summed E-state index contributed by atoms with van der Waals surface area (Å²) in [7, 11) is 0. The Morgan fingerprint density at radius 1 is 0.528 bits per heavy atom. The molecule has 0 fully saturated rings. The van der Waals surface area contributed by atoms with Crippen molar-refractivity contribution >= 4 is 11.9 Å². The molecule has 0 saturated carbocycles. The van der Waals surface area contributed by atoms with Gasteiger partial charge in [0.25, 0.3) is 0 Å². The molecule has 178 valence electrons. The number of carbonyl (C=O) groups excluding carboxylic acids is 2. The first-order chi connectivity index (χ1) is 17.3. The predicted molar refractivity (Wildman–Crippen MR) is 136 cm³/mol. The summed E-state index contributed by atoms with van der Waals surface area (Å²) in [4.78, 5) is 22.5. The van der Waals surface area contributed by atoms with Gasteiger partial charge in [0.05, 0.1) is 0 Å². The number of carbonyl (C=O) groups is 2. The fourth-order valence-electron chi connectivity index (χ4n) is 2.75. The minimum Gasteiger partial charge on any atom is -0.405 e. The third-order valence-corrected chi connectivity index (χ3v) is 4.67. The zero-order chi connectivity index (χ0) is 25.9. The quantitative estimate of drug-likeness (QED) is 0.251. The minimum atomic E-state index is -0.595. The van der Waals surface area contributed by atoms with Crippen LogP contribution in [0.15, 0.2) is 97.1 Å². The first-order valence-electron chi connectivity index (χ1n) is 10.7. The highest BCUT2D eigenvalue weighted by atomic mass is 16.5. The van der Waals surface area contributed by atoms with Crippen LogP contribution in [0.4, 0.5) is 0 Å². The molecule has 6 heteroatoms. The lowest BCUT2D eigenvalue weighted by molar-refractivity contribution is -0.133. The molecule has 36 heavy (non-hydrogen) atoms. The van der Waals surface area contributed by atoms with Crippen molar-refractivity contribution in [3.05, 3.63) is 97.1 Å². The molecule has 0 radical (unpaired) electrons. The van der Waals surface area contributed by atoms with Crippen molar-refractivity contribution in [3.63, 3.8) is 0 Å². The van der Waals surface area contributed by atoms with Crippen LogP contribution in [0.5, 0.6) is 11.5 Å². The Bertz CT molecular complexity index is 1280. The maximum absolute atomic E-state index is 11.3. The summed E-state index contributed by atoms with van der Waals surface area (Å²) in [6.07, 6.45) is 9.03. The van der Waals surface area contributed by atoms with E-state index in [0.29, 0.717) is 11.5 Å². The smallest absolute Gasteiger partial charge is 0.347 e. The summed E-state index contributed by atoms with van der Waals surface area (Å²) in [6, 6.07) is 22.8. The highest BCUT2D eigenvalue weighted by molar-refractivity contribution is 5.88.